The molecular weight excluding hydrogens is 420 g/mol. The average Bonchev–Trinajstić information content (AvgIpc) is 2.78. The Kier molecular flexibility index (Phi) is 11.1. The molecule has 0 radical (unpaired) electrons. The molecule has 2 fully saturated rings. The maximum atomic E-state index is 5.99. The van der Waals surface area contributed by atoms with Crippen molar-refractivity contribution in [3.63, 3.8) is 0 Å². The van der Waals surface area contributed by atoms with Crippen molar-refractivity contribution in [3.05, 3.63) is 23.8 Å². The lowest BCUT2D eigenvalue weighted by molar-refractivity contribution is 0.146. The molecule has 1 saturated carbocycles. The van der Waals surface area contributed by atoms with Gasteiger partial charge in [0.2, 0.25) is 0 Å². The van der Waals surface area contributed by atoms with Gasteiger partial charge in [-0.25, -0.2) is 0 Å². The summed E-state index contributed by atoms with van der Waals surface area (Å²) in [6.07, 6.45) is 7.92. The van der Waals surface area contributed by atoms with E-state index in [0.717, 1.165) is 24.8 Å². The number of rotatable bonds is 9. The second-order valence-electron chi connectivity index (χ2n) is 10.7. The molecule has 1 heterocycles. The van der Waals surface area contributed by atoms with E-state index < -0.39 is 0 Å². The number of hydrogen-bond donors (Lipinski definition) is 0. The highest BCUT2D eigenvalue weighted by Crippen LogP contribution is 2.45. The van der Waals surface area contributed by atoms with E-state index in [2.05, 4.69) is 55.7 Å². The number of ether oxygens (including phenoxy) is 2. The Morgan fingerprint density at radius 3 is 2.25 bits per heavy atom. The number of methoxy groups -OCH3 is 1. The largest absolute Gasteiger partial charge is 0.491 e. The van der Waals surface area contributed by atoms with E-state index in [9.17, 15) is 0 Å². The van der Waals surface area contributed by atoms with Crippen molar-refractivity contribution in [2.75, 3.05) is 57.9 Å². The van der Waals surface area contributed by atoms with Gasteiger partial charge in [-0.15, -0.1) is 12.4 Å². The van der Waals surface area contributed by atoms with Crippen molar-refractivity contribution in [1.82, 2.24) is 4.90 Å². The topological polar surface area (TPSA) is 24.9 Å². The van der Waals surface area contributed by atoms with Gasteiger partial charge in [-0.05, 0) is 67.5 Å². The van der Waals surface area contributed by atoms with Crippen molar-refractivity contribution >= 4 is 18.1 Å². The SMILES string of the molecule is CCCCN1CCN(c2cc(OCCOC)ccc2C2CCC(C(C)(C)C)CC2)CC1.Cl. The highest BCUT2D eigenvalue weighted by Gasteiger charge is 2.32. The first kappa shape index (κ1) is 27.3. The van der Waals surface area contributed by atoms with Crippen molar-refractivity contribution < 1.29 is 9.47 Å². The summed E-state index contributed by atoms with van der Waals surface area (Å²) in [6, 6.07) is 6.85. The van der Waals surface area contributed by atoms with E-state index in [-0.39, 0.29) is 12.4 Å². The molecule has 5 heteroatoms. The first-order chi connectivity index (χ1) is 14.9. The molecule has 0 N–H and O–H groups in total. The molecule has 1 saturated heterocycles. The molecule has 0 unspecified atom stereocenters. The molecule has 1 aliphatic heterocycles. The Balaban J connectivity index is 0.00000363. The molecule has 0 aromatic heterocycles. The van der Waals surface area contributed by atoms with Gasteiger partial charge in [0.25, 0.3) is 0 Å². The standard InChI is InChI=1S/C27H46N2O2.ClH/c1-6-7-14-28-15-17-29(18-16-28)26-21-24(31-20-19-30-5)12-13-25(26)22-8-10-23(11-9-22)27(2,3)4;/h12-13,21-23H,6-11,14-20H2,1-5H3;1H. The number of nitrogens with zero attached hydrogens (tertiary/aromatic N) is 2. The van der Waals surface area contributed by atoms with E-state index in [1.54, 1.807) is 12.7 Å². The third-order valence-corrected chi connectivity index (χ3v) is 7.49. The van der Waals surface area contributed by atoms with Crippen LogP contribution >= 0.6 is 12.4 Å². The van der Waals surface area contributed by atoms with Gasteiger partial charge in [-0.1, -0.05) is 40.2 Å². The highest BCUT2D eigenvalue weighted by atomic mass is 35.5. The van der Waals surface area contributed by atoms with Crippen molar-refractivity contribution in [2.24, 2.45) is 11.3 Å². The van der Waals surface area contributed by atoms with Crippen LogP contribution in [0.5, 0.6) is 5.75 Å². The Labute approximate surface area is 203 Å². The molecule has 0 spiro atoms. The minimum absolute atomic E-state index is 0. The number of hydrogen-bond acceptors (Lipinski definition) is 4. The van der Waals surface area contributed by atoms with Gasteiger partial charge in [0.05, 0.1) is 6.61 Å². The van der Waals surface area contributed by atoms with Crippen LogP contribution in [0.2, 0.25) is 0 Å². The zero-order valence-corrected chi connectivity index (χ0v) is 22.0. The number of anilines is 1. The molecule has 0 atom stereocenters. The zero-order chi connectivity index (χ0) is 22.3. The van der Waals surface area contributed by atoms with Crippen LogP contribution in [-0.2, 0) is 4.74 Å². The van der Waals surface area contributed by atoms with Crippen LogP contribution in [-0.4, -0.2) is 57.9 Å². The molecule has 1 aliphatic carbocycles. The zero-order valence-electron chi connectivity index (χ0n) is 21.2. The Morgan fingerprint density at radius 1 is 0.969 bits per heavy atom. The van der Waals surface area contributed by atoms with Crippen LogP contribution in [0.25, 0.3) is 0 Å². The number of halogens is 1. The van der Waals surface area contributed by atoms with Gasteiger partial charge in [-0.3, -0.25) is 4.90 Å². The van der Waals surface area contributed by atoms with Crippen molar-refractivity contribution in [2.45, 2.75) is 72.1 Å². The first-order valence-corrected chi connectivity index (χ1v) is 12.6. The fraction of sp³-hybridized carbons (Fsp3) is 0.778. The quantitative estimate of drug-likeness (QED) is 0.394. The number of benzene rings is 1. The Morgan fingerprint density at radius 2 is 1.66 bits per heavy atom. The molecule has 0 bridgehead atoms. The van der Waals surface area contributed by atoms with Crippen LogP contribution in [0.4, 0.5) is 5.69 Å². The van der Waals surface area contributed by atoms with Gasteiger partial charge in [0, 0.05) is 45.0 Å². The van der Waals surface area contributed by atoms with Gasteiger partial charge >= 0.3 is 0 Å². The molecule has 4 nitrogen and oxygen atoms in total. The highest BCUT2D eigenvalue weighted by molar-refractivity contribution is 5.85. The molecule has 184 valence electrons. The summed E-state index contributed by atoms with van der Waals surface area (Å²) in [4.78, 5) is 5.25. The van der Waals surface area contributed by atoms with E-state index in [1.165, 1.54) is 63.8 Å². The van der Waals surface area contributed by atoms with E-state index in [1.807, 2.05) is 0 Å². The molecule has 32 heavy (non-hydrogen) atoms. The lowest BCUT2D eigenvalue weighted by atomic mass is 9.68. The smallest absolute Gasteiger partial charge is 0.121 e. The summed E-state index contributed by atoms with van der Waals surface area (Å²) in [5.41, 5.74) is 3.40. The fourth-order valence-electron chi connectivity index (χ4n) is 5.34. The minimum Gasteiger partial charge on any atom is -0.491 e. The summed E-state index contributed by atoms with van der Waals surface area (Å²) in [7, 11) is 1.73. The minimum atomic E-state index is 0. The van der Waals surface area contributed by atoms with Crippen molar-refractivity contribution in [3.8, 4) is 5.75 Å². The molecule has 1 aromatic carbocycles. The molecule has 2 aliphatic rings. The van der Waals surface area contributed by atoms with Crippen LogP contribution in [0.15, 0.2) is 18.2 Å². The number of unbranched alkanes of at least 4 members (excludes halogenated alkanes) is 1. The van der Waals surface area contributed by atoms with Crippen LogP contribution in [0, 0.1) is 11.3 Å². The van der Waals surface area contributed by atoms with Crippen LogP contribution in [0.3, 0.4) is 0 Å². The Bertz CT molecular complexity index is 660. The fourth-order valence-corrected chi connectivity index (χ4v) is 5.34. The monoisotopic (exact) mass is 466 g/mol. The second-order valence-corrected chi connectivity index (χ2v) is 10.7. The van der Waals surface area contributed by atoms with Gasteiger partial charge < -0.3 is 14.4 Å². The van der Waals surface area contributed by atoms with Crippen LogP contribution in [0.1, 0.15) is 77.7 Å². The van der Waals surface area contributed by atoms with E-state index >= 15 is 0 Å². The lowest BCUT2D eigenvalue weighted by Gasteiger charge is -2.40. The summed E-state index contributed by atoms with van der Waals surface area (Å²) >= 11 is 0. The summed E-state index contributed by atoms with van der Waals surface area (Å²) in [5, 5.41) is 0. The van der Waals surface area contributed by atoms with Gasteiger partial charge in [-0.2, -0.15) is 0 Å². The van der Waals surface area contributed by atoms with Gasteiger partial charge in [0.15, 0.2) is 0 Å². The summed E-state index contributed by atoms with van der Waals surface area (Å²) in [5.74, 6) is 2.51. The average molecular weight is 467 g/mol. The number of piperazine rings is 1. The molecule has 0 amide bonds. The predicted octanol–water partition coefficient (Wildman–Crippen LogP) is 6.38. The van der Waals surface area contributed by atoms with Gasteiger partial charge in [0.1, 0.15) is 12.4 Å². The summed E-state index contributed by atoms with van der Waals surface area (Å²) < 4.78 is 11.2. The lowest BCUT2D eigenvalue weighted by Crippen LogP contribution is -2.47. The molecular formula is C27H47ClN2O2. The van der Waals surface area contributed by atoms with E-state index in [4.69, 9.17) is 9.47 Å². The first-order valence-electron chi connectivity index (χ1n) is 12.6. The third-order valence-electron chi connectivity index (χ3n) is 7.49. The maximum Gasteiger partial charge on any atom is 0.121 e. The Hall–Kier alpha value is -0.970. The second kappa shape index (κ2) is 13.1. The molecule has 3 rings (SSSR count). The predicted molar refractivity (Wildman–Crippen MR) is 139 cm³/mol. The third kappa shape index (κ3) is 7.53. The van der Waals surface area contributed by atoms with Crippen LogP contribution < -0.4 is 9.64 Å². The van der Waals surface area contributed by atoms with E-state index in [0.29, 0.717) is 24.5 Å². The normalized spacial score (nSPS) is 22.5. The molecule has 1 aromatic rings. The van der Waals surface area contributed by atoms with Crippen molar-refractivity contribution in [1.29, 1.82) is 0 Å². The summed E-state index contributed by atoms with van der Waals surface area (Å²) in [6.45, 7) is 16.6. The maximum absolute atomic E-state index is 5.99.